The molecule has 0 amide bonds. The average molecular weight is 665 g/mol. The second-order valence-electron chi connectivity index (χ2n) is 10.7. The zero-order chi connectivity index (χ0) is 28.4. The summed E-state index contributed by atoms with van der Waals surface area (Å²) in [6.07, 6.45) is 16.1. The molecule has 3 aliphatic rings. The van der Waals surface area contributed by atoms with Crippen LogP contribution in [0.2, 0.25) is 0 Å². The molecule has 40 heavy (non-hydrogen) atoms. The monoisotopic (exact) mass is 664 g/mol. The van der Waals surface area contributed by atoms with Gasteiger partial charge in [-0.1, -0.05) is 26.0 Å². The molecule has 0 spiro atoms. The van der Waals surface area contributed by atoms with Crippen LogP contribution in [0.25, 0.3) is 0 Å². The second kappa shape index (κ2) is 21.3. The van der Waals surface area contributed by atoms with Gasteiger partial charge >= 0.3 is 11.9 Å². The molecule has 2 aliphatic heterocycles. The van der Waals surface area contributed by atoms with E-state index in [0.29, 0.717) is 32.9 Å². The number of carbonyl (C=O) groups excluding carboxylic acids is 2. The summed E-state index contributed by atoms with van der Waals surface area (Å²) in [5.41, 5.74) is 0. The first-order valence-electron chi connectivity index (χ1n) is 14.8. The number of unbranched alkanes of at least 4 members (excludes halogenated alkanes) is 2. The third-order valence-corrected chi connectivity index (χ3v) is 16.7. The molecule has 0 radical (unpaired) electrons. The average Bonchev–Trinajstić information content (AvgIpc) is 3.64. The molecule has 2 heterocycles. The van der Waals surface area contributed by atoms with Crippen LogP contribution < -0.4 is 0 Å². The normalized spacial score (nSPS) is 28.3. The van der Waals surface area contributed by atoms with Crippen LogP contribution in [0, 0.1) is 11.8 Å². The maximum atomic E-state index is 11.2. The number of hydrogen-bond donors (Lipinski definition) is 0. The summed E-state index contributed by atoms with van der Waals surface area (Å²) in [4.78, 5) is 22.5. The highest BCUT2D eigenvalue weighted by Gasteiger charge is 2.27. The van der Waals surface area contributed by atoms with Gasteiger partial charge < -0.3 is 9.47 Å². The van der Waals surface area contributed by atoms with E-state index in [1.165, 1.54) is 99.4 Å². The molecular weight excluding hydrogens is 617 g/mol. The quantitative estimate of drug-likeness (QED) is 0.0720. The fourth-order valence-corrected chi connectivity index (χ4v) is 14.2. The van der Waals surface area contributed by atoms with Gasteiger partial charge in [0.25, 0.3) is 0 Å². The van der Waals surface area contributed by atoms with E-state index in [4.69, 9.17) is 9.47 Å². The molecule has 0 aromatic rings. The molecule has 228 valence electrons. The first kappa shape index (κ1) is 35.0. The molecule has 0 aromatic heterocycles. The molecule has 1 saturated carbocycles. The van der Waals surface area contributed by atoms with Gasteiger partial charge in [-0.3, -0.25) is 0 Å². The third kappa shape index (κ3) is 14.8. The lowest BCUT2D eigenvalue weighted by atomic mass is 9.84. The van der Waals surface area contributed by atoms with Gasteiger partial charge in [0.1, 0.15) is 13.2 Å². The predicted molar refractivity (Wildman–Crippen MR) is 185 cm³/mol. The maximum Gasteiger partial charge on any atom is 0.330 e. The third-order valence-electron chi connectivity index (χ3n) is 7.41. The molecule has 4 unspecified atom stereocenters. The van der Waals surface area contributed by atoms with Crippen LogP contribution in [0.4, 0.5) is 0 Å². The summed E-state index contributed by atoms with van der Waals surface area (Å²) < 4.78 is 11.7. The molecular formula is C30H48O4S6. The smallest absolute Gasteiger partial charge is 0.330 e. The van der Waals surface area contributed by atoms with Gasteiger partial charge in [-0.25, -0.2) is 9.59 Å². The summed E-state index contributed by atoms with van der Waals surface area (Å²) >= 11 is 12.4. The first-order valence-corrected chi connectivity index (χ1v) is 21.1. The number of carbonyl (C=O) groups is 2. The molecule has 2 saturated heterocycles. The Hall–Kier alpha value is 0.520. The Morgan fingerprint density at radius 3 is 1.52 bits per heavy atom. The van der Waals surface area contributed by atoms with E-state index in [9.17, 15) is 9.59 Å². The van der Waals surface area contributed by atoms with E-state index in [1.807, 2.05) is 47.0 Å². The van der Waals surface area contributed by atoms with E-state index < -0.39 is 0 Å². The Labute approximate surface area is 268 Å². The summed E-state index contributed by atoms with van der Waals surface area (Å²) in [6, 6.07) is 0. The standard InChI is InChI=1S/C30H48O4S6/c1-3-27(31)33-17-25-21-37-29(39-25)9-5-7-15-35-19-23-11-13-24(14-12-23)20-36-16-8-6-10-30-38-22-26(40-30)18-34-28(32)4-2/h3-4,23-26,29-30H,1-2,5-22H2. The van der Waals surface area contributed by atoms with Crippen molar-refractivity contribution in [3.63, 3.8) is 0 Å². The fourth-order valence-electron chi connectivity index (χ4n) is 5.06. The molecule has 4 atom stereocenters. The van der Waals surface area contributed by atoms with Crippen molar-refractivity contribution in [2.24, 2.45) is 11.8 Å². The lowest BCUT2D eigenvalue weighted by Gasteiger charge is -2.28. The van der Waals surface area contributed by atoms with Crippen molar-refractivity contribution in [2.45, 2.75) is 83.9 Å². The Bertz CT molecular complexity index is 698. The highest BCUT2D eigenvalue weighted by atomic mass is 32.2. The minimum atomic E-state index is -0.305. The summed E-state index contributed by atoms with van der Waals surface area (Å²) in [7, 11) is 0. The highest BCUT2D eigenvalue weighted by Crippen LogP contribution is 2.42. The predicted octanol–water partition coefficient (Wildman–Crippen LogP) is 8.41. The van der Waals surface area contributed by atoms with Crippen LogP contribution >= 0.6 is 70.6 Å². The largest absolute Gasteiger partial charge is 0.461 e. The Balaban J connectivity index is 1.07. The molecule has 1 aliphatic carbocycles. The number of ether oxygens (including phenoxy) is 2. The van der Waals surface area contributed by atoms with Crippen molar-refractivity contribution >= 4 is 82.5 Å². The van der Waals surface area contributed by atoms with Gasteiger partial charge in [0.2, 0.25) is 0 Å². The van der Waals surface area contributed by atoms with E-state index in [1.54, 1.807) is 0 Å². The van der Waals surface area contributed by atoms with Crippen LogP contribution in [-0.4, -0.2) is 79.3 Å². The van der Waals surface area contributed by atoms with E-state index >= 15 is 0 Å². The van der Waals surface area contributed by atoms with Gasteiger partial charge in [-0.15, -0.1) is 47.0 Å². The molecule has 10 heteroatoms. The molecule has 3 fully saturated rings. The molecule has 4 nitrogen and oxygen atoms in total. The molecule has 3 rings (SSSR count). The number of rotatable bonds is 20. The van der Waals surface area contributed by atoms with Crippen molar-refractivity contribution in [1.82, 2.24) is 0 Å². The summed E-state index contributed by atoms with van der Waals surface area (Å²) in [5.74, 6) is 8.79. The minimum Gasteiger partial charge on any atom is -0.461 e. The molecule has 0 aromatic carbocycles. The van der Waals surface area contributed by atoms with Crippen molar-refractivity contribution in [2.75, 3.05) is 47.7 Å². The van der Waals surface area contributed by atoms with Crippen LogP contribution in [0.3, 0.4) is 0 Å². The van der Waals surface area contributed by atoms with Gasteiger partial charge in [0.05, 0.1) is 9.16 Å². The summed E-state index contributed by atoms with van der Waals surface area (Å²) in [6.45, 7) is 7.96. The first-order chi connectivity index (χ1) is 19.6. The lowest BCUT2D eigenvalue weighted by Crippen LogP contribution is -2.18. The lowest BCUT2D eigenvalue weighted by molar-refractivity contribution is -0.138. The van der Waals surface area contributed by atoms with E-state index in [-0.39, 0.29) is 11.9 Å². The number of thioether (sulfide) groups is 6. The fraction of sp³-hybridized carbons (Fsp3) is 0.800. The van der Waals surface area contributed by atoms with Gasteiger partial charge in [-0.05, 0) is 86.2 Å². The topological polar surface area (TPSA) is 52.6 Å². The summed E-state index contributed by atoms with van der Waals surface area (Å²) in [5, 5.41) is 0.888. The SMILES string of the molecule is C=CC(=O)OCC1CSC(CCCCSCC2CCC(CSCCCCC3SCC(COC(=O)C=C)S3)CC2)S1. The number of esters is 2. The van der Waals surface area contributed by atoms with Crippen molar-refractivity contribution in [3.05, 3.63) is 25.3 Å². The Morgan fingerprint density at radius 1 is 0.700 bits per heavy atom. The van der Waals surface area contributed by atoms with Crippen LogP contribution in [0.15, 0.2) is 25.3 Å². The Kier molecular flexibility index (Phi) is 18.6. The van der Waals surface area contributed by atoms with Crippen LogP contribution in [-0.2, 0) is 19.1 Å². The van der Waals surface area contributed by atoms with E-state index in [0.717, 1.165) is 23.3 Å². The molecule has 0 bridgehead atoms. The van der Waals surface area contributed by atoms with Gasteiger partial charge in [0, 0.05) is 34.2 Å². The van der Waals surface area contributed by atoms with Crippen molar-refractivity contribution in [1.29, 1.82) is 0 Å². The van der Waals surface area contributed by atoms with Gasteiger partial charge in [-0.2, -0.15) is 23.5 Å². The molecule has 0 N–H and O–H groups in total. The van der Waals surface area contributed by atoms with Crippen LogP contribution in [0.5, 0.6) is 0 Å². The zero-order valence-electron chi connectivity index (χ0n) is 23.8. The Morgan fingerprint density at radius 2 is 1.12 bits per heavy atom. The highest BCUT2D eigenvalue weighted by molar-refractivity contribution is 8.20. The maximum absolute atomic E-state index is 11.2. The van der Waals surface area contributed by atoms with E-state index in [2.05, 4.69) is 36.7 Å². The number of hydrogen-bond acceptors (Lipinski definition) is 10. The van der Waals surface area contributed by atoms with Crippen LogP contribution in [0.1, 0.15) is 64.2 Å². The second-order valence-corrected chi connectivity index (χ2v) is 19.1. The minimum absolute atomic E-state index is 0.305. The van der Waals surface area contributed by atoms with Crippen molar-refractivity contribution in [3.8, 4) is 0 Å². The van der Waals surface area contributed by atoms with Crippen molar-refractivity contribution < 1.29 is 19.1 Å². The van der Waals surface area contributed by atoms with Gasteiger partial charge in [0.15, 0.2) is 0 Å². The zero-order valence-corrected chi connectivity index (χ0v) is 28.7.